The molecule has 0 unspecified atom stereocenters. The highest BCUT2D eigenvalue weighted by Gasteiger charge is 2.18. The molecule has 6 nitrogen and oxygen atoms in total. The van der Waals surface area contributed by atoms with Crippen molar-refractivity contribution in [3.8, 4) is 11.5 Å². The van der Waals surface area contributed by atoms with Crippen molar-refractivity contribution in [3.63, 3.8) is 0 Å². The van der Waals surface area contributed by atoms with Gasteiger partial charge in [-0.25, -0.2) is 0 Å². The van der Waals surface area contributed by atoms with Crippen LogP contribution in [0.3, 0.4) is 0 Å². The Morgan fingerprint density at radius 1 is 1.19 bits per heavy atom. The smallest absolute Gasteiger partial charge is 0.222 e. The second-order valence-electron chi connectivity index (χ2n) is 8.44. The number of nitrogens with zero attached hydrogens (tertiary/aromatic N) is 3. The van der Waals surface area contributed by atoms with Crippen LogP contribution < -0.4 is 9.47 Å². The number of aryl methyl sites for hydroxylation is 2. The van der Waals surface area contributed by atoms with Crippen LogP contribution in [-0.4, -0.2) is 54.6 Å². The molecule has 0 saturated heterocycles. The lowest BCUT2D eigenvalue weighted by atomic mass is 10.0. The third kappa shape index (κ3) is 4.69. The van der Waals surface area contributed by atoms with Gasteiger partial charge in [0.2, 0.25) is 5.91 Å². The Labute approximate surface area is 184 Å². The molecule has 4 rings (SSSR count). The van der Waals surface area contributed by atoms with E-state index in [1.165, 1.54) is 27.6 Å². The highest BCUT2D eigenvalue weighted by molar-refractivity contribution is 5.85. The van der Waals surface area contributed by atoms with Crippen LogP contribution in [-0.2, 0) is 31.4 Å². The molecule has 0 aliphatic carbocycles. The Bertz CT molecular complexity index is 1090. The van der Waals surface area contributed by atoms with Crippen molar-refractivity contribution in [2.24, 2.45) is 7.05 Å². The molecule has 0 N–H and O–H groups in total. The third-order valence-electron chi connectivity index (χ3n) is 5.98. The molecule has 0 fully saturated rings. The summed E-state index contributed by atoms with van der Waals surface area (Å²) >= 11 is 0. The fourth-order valence-corrected chi connectivity index (χ4v) is 4.21. The van der Waals surface area contributed by atoms with E-state index in [0.717, 1.165) is 37.6 Å². The Hall–Kier alpha value is -2.99. The second kappa shape index (κ2) is 9.02. The first kappa shape index (κ1) is 21.2. The lowest BCUT2D eigenvalue weighted by Crippen LogP contribution is -2.25. The van der Waals surface area contributed by atoms with Gasteiger partial charge in [0.05, 0.1) is 7.11 Å². The number of carbonyl (C=O) groups is 1. The topological polar surface area (TPSA) is 46.9 Å². The zero-order valence-electron chi connectivity index (χ0n) is 18.9. The van der Waals surface area contributed by atoms with Gasteiger partial charge in [-0.05, 0) is 41.8 Å². The quantitative estimate of drug-likeness (QED) is 0.610. The first-order valence-corrected chi connectivity index (χ1v) is 10.7. The second-order valence-corrected chi connectivity index (χ2v) is 8.44. The molecule has 2 heterocycles. The largest absolute Gasteiger partial charge is 0.497 e. The van der Waals surface area contributed by atoms with Gasteiger partial charge in [-0.1, -0.05) is 12.1 Å². The van der Waals surface area contributed by atoms with Crippen molar-refractivity contribution in [1.82, 2.24) is 14.4 Å². The van der Waals surface area contributed by atoms with Crippen LogP contribution in [0.5, 0.6) is 11.5 Å². The lowest BCUT2D eigenvalue weighted by molar-refractivity contribution is -0.128. The molecule has 2 aromatic carbocycles. The van der Waals surface area contributed by atoms with E-state index < -0.39 is 0 Å². The summed E-state index contributed by atoms with van der Waals surface area (Å²) in [6.07, 6.45) is 3.47. The number of methoxy groups -OCH3 is 1. The minimum Gasteiger partial charge on any atom is -0.497 e. The molecule has 164 valence electrons. The van der Waals surface area contributed by atoms with Gasteiger partial charge in [-0.2, -0.15) is 0 Å². The molecule has 0 bridgehead atoms. The van der Waals surface area contributed by atoms with Gasteiger partial charge in [0.1, 0.15) is 18.1 Å². The predicted molar refractivity (Wildman–Crippen MR) is 123 cm³/mol. The summed E-state index contributed by atoms with van der Waals surface area (Å²) in [4.78, 5) is 16.0. The Kier molecular flexibility index (Phi) is 6.18. The number of benzene rings is 2. The van der Waals surface area contributed by atoms with E-state index in [2.05, 4.69) is 53.0 Å². The normalized spacial score (nSPS) is 14.1. The maximum absolute atomic E-state index is 12.0. The molecular weight excluding hydrogens is 390 g/mol. The molecule has 0 radical (unpaired) electrons. The van der Waals surface area contributed by atoms with Gasteiger partial charge in [-0.15, -0.1) is 0 Å². The third-order valence-corrected chi connectivity index (χ3v) is 5.98. The number of aromatic nitrogens is 1. The number of carbonyl (C=O) groups excluding carboxylic acids is 1. The van der Waals surface area contributed by atoms with Crippen molar-refractivity contribution in [3.05, 3.63) is 59.3 Å². The summed E-state index contributed by atoms with van der Waals surface area (Å²) < 4.78 is 13.6. The lowest BCUT2D eigenvalue weighted by Gasteiger charge is -2.19. The van der Waals surface area contributed by atoms with Gasteiger partial charge >= 0.3 is 0 Å². The molecule has 3 aromatic rings. The van der Waals surface area contributed by atoms with E-state index in [4.69, 9.17) is 9.47 Å². The van der Waals surface area contributed by atoms with E-state index >= 15 is 0 Å². The van der Waals surface area contributed by atoms with Crippen LogP contribution in [0.4, 0.5) is 0 Å². The van der Waals surface area contributed by atoms with E-state index in [9.17, 15) is 4.79 Å². The number of amides is 1. The predicted octanol–water partition coefficient (Wildman–Crippen LogP) is 3.60. The maximum Gasteiger partial charge on any atom is 0.222 e. The summed E-state index contributed by atoms with van der Waals surface area (Å²) in [5, 5.41) is 1.23. The van der Waals surface area contributed by atoms with Gasteiger partial charge in [0, 0.05) is 69.9 Å². The monoisotopic (exact) mass is 421 g/mol. The summed E-state index contributed by atoms with van der Waals surface area (Å²) in [6, 6.07) is 12.6. The molecular formula is C25H31N3O3. The van der Waals surface area contributed by atoms with Gasteiger partial charge < -0.3 is 18.9 Å². The number of fused-ring (bicyclic) bond motifs is 2. The van der Waals surface area contributed by atoms with Crippen LogP contribution in [0.1, 0.15) is 23.1 Å². The van der Waals surface area contributed by atoms with E-state index in [1.807, 2.05) is 6.07 Å². The summed E-state index contributed by atoms with van der Waals surface area (Å²) in [6.45, 7) is 3.20. The summed E-state index contributed by atoms with van der Waals surface area (Å²) in [7, 11) is 7.39. The molecule has 1 aromatic heterocycles. The fraction of sp³-hybridized carbons (Fsp3) is 0.400. The number of hydrogen-bond acceptors (Lipinski definition) is 4. The molecule has 1 aliphatic rings. The molecule has 31 heavy (non-hydrogen) atoms. The standard InChI is InChI=1S/C25H31N3O3/c1-26(2)25(29)10-6-18-5-9-24-19(13-18)16-28(11-12-31-24)17-20-15-27(3)23-8-7-21(30-4)14-22(20)23/h5,7-9,13-15H,6,10-12,16-17H2,1-4H3. The Balaban J connectivity index is 1.53. The van der Waals surface area contributed by atoms with E-state index in [1.54, 1.807) is 26.1 Å². The van der Waals surface area contributed by atoms with Crippen LogP contribution in [0.2, 0.25) is 0 Å². The highest BCUT2D eigenvalue weighted by Crippen LogP contribution is 2.29. The maximum atomic E-state index is 12.0. The first-order chi connectivity index (χ1) is 14.9. The number of rotatable bonds is 6. The average molecular weight is 422 g/mol. The molecule has 0 spiro atoms. The molecule has 0 saturated carbocycles. The minimum absolute atomic E-state index is 0.152. The van der Waals surface area contributed by atoms with Crippen molar-refractivity contribution < 1.29 is 14.3 Å². The Morgan fingerprint density at radius 3 is 2.81 bits per heavy atom. The molecule has 6 heteroatoms. The highest BCUT2D eigenvalue weighted by atomic mass is 16.5. The molecule has 1 aliphatic heterocycles. The Morgan fingerprint density at radius 2 is 2.03 bits per heavy atom. The van der Waals surface area contributed by atoms with Crippen molar-refractivity contribution in [2.45, 2.75) is 25.9 Å². The van der Waals surface area contributed by atoms with Crippen LogP contribution in [0.15, 0.2) is 42.6 Å². The van der Waals surface area contributed by atoms with Gasteiger partial charge in [0.25, 0.3) is 0 Å². The minimum atomic E-state index is 0.152. The van der Waals surface area contributed by atoms with Crippen LogP contribution in [0.25, 0.3) is 10.9 Å². The van der Waals surface area contributed by atoms with Crippen LogP contribution in [0, 0.1) is 0 Å². The zero-order chi connectivity index (χ0) is 22.0. The van der Waals surface area contributed by atoms with E-state index in [0.29, 0.717) is 13.0 Å². The SMILES string of the molecule is COc1ccc2c(c1)c(CN1CCOc3ccc(CCC(=O)N(C)C)cc3C1)cn2C. The van der Waals surface area contributed by atoms with Gasteiger partial charge in [0.15, 0.2) is 0 Å². The number of ether oxygens (including phenoxy) is 2. The zero-order valence-corrected chi connectivity index (χ0v) is 18.9. The summed E-state index contributed by atoms with van der Waals surface area (Å²) in [5.74, 6) is 1.98. The van der Waals surface area contributed by atoms with E-state index in [-0.39, 0.29) is 5.91 Å². The van der Waals surface area contributed by atoms with Crippen LogP contribution >= 0.6 is 0 Å². The molecule has 0 atom stereocenters. The van der Waals surface area contributed by atoms with Crippen molar-refractivity contribution in [2.75, 3.05) is 34.4 Å². The first-order valence-electron chi connectivity index (χ1n) is 10.7. The fourth-order valence-electron chi connectivity index (χ4n) is 4.21. The summed E-state index contributed by atoms with van der Waals surface area (Å²) in [5.41, 5.74) is 4.85. The number of hydrogen-bond donors (Lipinski definition) is 0. The average Bonchev–Trinajstić information content (AvgIpc) is 2.93. The molecule has 1 amide bonds. The van der Waals surface area contributed by atoms with Crippen molar-refractivity contribution >= 4 is 16.8 Å². The van der Waals surface area contributed by atoms with Gasteiger partial charge in [-0.3, -0.25) is 9.69 Å². The van der Waals surface area contributed by atoms with Crippen molar-refractivity contribution in [1.29, 1.82) is 0 Å².